The van der Waals surface area contributed by atoms with Crippen molar-refractivity contribution in [2.24, 2.45) is 0 Å². The molecule has 0 atom stereocenters. The van der Waals surface area contributed by atoms with Gasteiger partial charge >= 0.3 is 0 Å². The average molecular weight is 779 g/mol. The third-order valence-electron chi connectivity index (χ3n) is 12.3. The summed E-state index contributed by atoms with van der Waals surface area (Å²) in [5, 5.41) is 9.53. The molecule has 0 fully saturated rings. The molecule has 0 aliphatic carbocycles. The van der Waals surface area contributed by atoms with E-state index >= 15 is 0 Å². The summed E-state index contributed by atoms with van der Waals surface area (Å²) in [6.45, 7) is 0. The highest BCUT2D eigenvalue weighted by molar-refractivity contribution is 6.24. The van der Waals surface area contributed by atoms with Crippen LogP contribution in [-0.2, 0) is 0 Å². The summed E-state index contributed by atoms with van der Waals surface area (Å²) >= 11 is 0. The number of fused-ring (bicyclic) bond motifs is 11. The zero-order valence-corrected chi connectivity index (χ0v) is 32.8. The van der Waals surface area contributed by atoms with E-state index in [1.807, 2.05) is 36.4 Å². The lowest BCUT2D eigenvalue weighted by atomic mass is 10.1. The van der Waals surface area contributed by atoms with Crippen LogP contribution in [0.4, 0.5) is 0 Å². The van der Waals surface area contributed by atoms with Gasteiger partial charge in [0, 0.05) is 54.5 Å². The molecule has 61 heavy (non-hydrogen) atoms. The van der Waals surface area contributed by atoms with E-state index < -0.39 is 0 Å². The second kappa shape index (κ2) is 13.1. The number of hydrogen-bond donors (Lipinski definition) is 0. The second-order valence-electron chi connectivity index (χ2n) is 15.6. The van der Waals surface area contributed by atoms with Crippen molar-refractivity contribution in [2.45, 2.75) is 0 Å². The van der Waals surface area contributed by atoms with Crippen LogP contribution in [0.2, 0.25) is 0 Å². The molecule has 284 valence electrons. The maximum atomic E-state index is 5.17. The summed E-state index contributed by atoms with van der Waals surface area (Å²) in [6.07, 6.45) is 0. The second-order valence-corrected chi connectivity index (χ2v) is 15.6. The van der Waals surface area contributed by atoms with Gasteiger partial charge in [-0.25, -0.2) is 4.98 Å². The van der Waals surface area contributed by atoms with Crippen LogP contribution in [0.25, 0.3) is 116 Å². The molecule has 13 rings (SSSR count). The predicted molar refractivity (Wildman–Crippen MR) is 251 cm³/mol. The van der Waals surface area contributed by atoms with Crippen molar-refractivity contribution < 1.29 is 0 Å². The van der Waals surface area contributed by atoms with Crippen molar-refractivity contribution in [3.05, 3.63) is 206 Å². The van der Waals surface area contributed by atoms with Crippen LogP contribution >= 0.6 is 0 Å². The molecule has 4 heterocycles. The Kier molecular flexibility index (Phi) is 7.21. The van der Waals surface area contributed by atoms with Gasteiger partial charge in [0.15, 0.2) is 11.6 Å². The standard InChI is InChI=1S/C55H34N6/c1-3-17-36(18-4-1)53-56-54(37-19-5-2-6-20-37)58-55(57-53)61-49-28-14-11-25-42(49)45-34-38(30-33-50(45)61)59-47-26-12-9-23-40(47)43-31-32-44-41-24-10-13-27-48(41)60(52(44)51(43)59)46-29-15-21-35-16-7-8-22-39(35)46/h1-34H. The highest BCUT2D eigenvalue weighted by atomic mass is 15.2. The van der Waals surface area contributed by atoms with Crippen molar-refractivity contribution in [1.29, 1.82) is 0 Å². The van der Waals surface area contributed by atoms with Crippen molar-refractivity contribution in [3.8, 4) is 40.1 Å². The van der Waals surface area contributed by atoms with Crippen LogP contribution in [0.3, 0.4) is 0 Å². The molecule has 13 aromatic rings. The summed E-state index contributed by atoms with van der Waals surface area (Å²) in [4.78, 5) is 15.3. The van der Waals surface area contributed by atoms with E-state index in [4.69, 9.17) is 15.0 Å². The number of nitrogens with zero attached hydrogens (tertiary/aromatic N) is 6. The number of aromatic nitrogens is 6. The minimum absolute atomic E-state index is 0.574. The van der Waals surface area contributed by atoms with Crippen molar-refractivity contribution in [3.63, 3.8) is 0 Å². The molecule has 0 saturated carbocycles. The Morgan fingerprint density at radius 2 is 0.770 bits per heavy atom. The molecule has 0 N–H and O–H groups in total. The van der Waals surface area contributed by atoms with Crippen LogP contribution < -0.4 is 0 Å². The van der Waals surface area contributed by atoms with Crippen molar-refractivity contribution >= 4 is 76.2 Å². The maximum Gasteiger partial charge on any atom is 0.238 e. The summed E-state index contributed by atoms with van der Waals surface area (Å²) in [7, 11) is 0. The lowest BCUT2D eigenvalue weighted by Crippen LogP contribution is -2.06. The Bertz CT molecular complexity index is 3810. The summed E-state index contributed by atoms with van der Waals surface area (Å²) in [5.74, 6) is 1.83. The molecule has 0 aliphatic rings. The lowest BCUT2D eigenvalue weighted by Gasteiger charge is -2.15. The molecule has 0 spiro atoms. The summed E-state index contributed by atoms with van der Waals surface area (Å²) in [6, 6.07) is 73.3. The highest BCUT2D eigenvalue weighted by Gasteiger charge is 2.23. The number of para-hydroxylation sites is 3. The third-order valence-corrected chi connectivity index (χ3v) is 12.3. The smallest absolute Gasteiger partial charge is 0.238 e. The minimum Gasteiger partial charge on any atom is -0.307 e. The van der Waals surface area contributed by atoms with Crippen LogP contribution in [0.1, 0.15) is 0 Å². The first-order valence-electron chi connectivity index (χ1n) is 20.6. The fourth-order valence-electron chi connectivity index (χ4n) is 9.64. The average Bonchev–Trinajstić information content (AvgIpc) is 3.97. The van der Waals surface area contributed by atoms with Crippen LogP contribution in [0, 0.1) is 0 Å². The van der Waals surface area contributed by atoms with E-state index in [2.05, 4.69) is 184 Å². The van der Waals surface area contributed by atoms with Gasteiger partial charge in [-0.15, -0.1) is 0 Å². The van der Waals surface area contributed by atoms with Gasteiger partial charge in [0.05, 0.1) is 38.8 Å². The molecular formula is C55H34N6. The zero-order valence-electron chi connectivity index (χ0n) is 32.8. The topological polar surface area (TPSA) is 53.5 Å². The van der Waals surface area contributed by atoms with Gasteiger partial charge in [-0.2, -0.15) is 9.97 Å². The van der Waals surface area contributed by atoms with E-state index in [0.29, 0.717) is 17.6 Å². The van der Waals surface area contributed by atoms with Gasteiger partial charge in [-0.3, -0.25) is 4.57 Å². The lowest BCUT2D eigenvalue weighted by molar-refractivity contribution is 0.953. The van der Waals surface area contributed by atoms with Gasteiger partial charge < -0.3 is 9.13 Å². The summed E-state index contributed by atoms with van der Waals surface area (Å²) < 4.78 is 7.16. The normalized spacial score (nSPS) is 11.9. The Balaban J connectivity index is 1.12. The molecule has 0 bridgehead atoms. The monoisotopic (exact) mass is 778 g/mol. The van der Waals surface area contributed by atoms with Crippen molar-refractivity contribution in [2.75, 3.05) is 0 Å². The Labute approximate surface area is 349 Å². The first-order valence-corrected chi connectivity index (χ1v) is 20.6. The van der Waals surface area contributed by atoms with Crippen LogP contribution in [0.15, 0.2) is 206 Å². The fraction of sp³-hybridized carbons (Fsp3) is 0. The van der Waals surface area contributed by atoms with E-state index in [9.17, 15) is 0 Å². The van der Waals surface area contributed by atoms with E-state index in [-0.39, 0.29) is 0 Å². The van der Waals surface area contributed by atoms with Gasteiger partial charge in [-0.05, 0) is 47.9 Å². The maximum absolute atomic E-state index is 5.17. The molecular weight excluding hydrogens is 745 g/mol. The summed E-state index contributed by atoms with van der Waals surface area (Å²) in [5.41, 5.74) is 10.8. The SMILES string of the molecule is c1ccc(-c2nc(-c3ccccc3)nc(-n3c4ccccc4c4cc(-n5c6ccccc6c6ccc7c8ccccc8n(-c8cccc9ccccc89)c7c65)ccc43)n2)cc1. The third kappa shape index (κ3) is 5.00. The van der Waals surface area contributed by atoms with Crippen molar-refractivity contribution in [1.82, 2.24) is 28.7 Å². The van der Waals surface area contributed by atoms with E-state index in [1.54, 1.807) is 0 Å². The van der Waals surface area contributed by atoms with Gasteiger partial charge in [0.1, 0.15) is 0 Å². The molecule has 0 aliphatic heterocycles. The highest BCUT2D eigenvalue weighted by Crippen LogP contribution is 2.43. The Morgan fingerprint density at radius 3 is 1.41 bits per heavy atom. The number of benzene rings is 9. The molecule has 0 unspecified atom stereocenters. The predicted octanol–water partition coefficient (Wildman–Crippen LogP) is 13.7. The Morgan fingerprint density at radius 1 is 0.295 bits per heavy atom. The minimum atomic E-state index is 0.574. The molecule has 0 amide bonds. The molecule has 9 aromatic carbocycles. The number of hydrogen-bond acceptors (Lipinski definition) is 3. The molecule has 4 aromatic heterocycles. The quantitative estimate of drug-likeness (QED) is 0.175. The number of rotatable bonds is 5. The molecule has 0 saturated heterocycles. The van der Waals surface area contributed by atoms with Gasteiger partial charge in [0.2, 0.25) is 5.95 Å². The van der Waals surface area contributed by atoms with Gasteiger partial charge in [0.25, 0.3) is 0 Å². The first kappa shape index (κ1) is 33.6. The van der Waals surface area contributed by atoms with Crippen LogP contribution in [0.5, 0.6) is 0 Å². The Hall–Kier alpha value is -8.35. The van der Waals surface area contributed by atoms with E-state index in [0.717, 1.165) is 49.8 Å². The zero-order chi connectivity index (χ0) is 40.0. The fourth-order valence-corrected chi connectivity index (χ4v) is 9.64. The first-order chi connectivity index (χ1) is 30.3. The van der Waals surface area contributed by atoms with Gasteiger partial charge in [-0.1, -0.05) is 164 Å². The molecule has 0 radical (unpaired) electrons. The largest absolute Gasteiger partial charge is 0.307 e. The molecule has 6 heteroatoms. The van der Waals surface area contributed by atoms with Crippen LogP contribution in [-0.4, -0.2) is 28.7 Å². The van der Waals surface area contributed by atoms with E-state index in [1.165, 1.54) is 48.9 Å². The molecule has 6 nitrogen and oxygen atoms in total.